The Labute approximate surface area is 137 Å². The molecule has 1 amide bonds. The van der Waals surface area contributed by atoms with Gasteiger partial charge in [0.2, 0.25) is 5.91 Å². The average molecular weight is 333 g/mol. The number of hydrogen-bond acceptors (Lipinski definition) is 3. The largest absolute Gasteiger partial charge is 0.388 e. The second kappa shape index (κ2) is 9.77. The van der Waals surface area contributed by atoms with Crippen molar-refractivity contribution in [3.63, 3.8) is 0 Å². The number of halogens is 2. The first kappa shape index (κ1) is 20.8. The minimum absolute atomic E-state index is 0. The molecule has 0 radical (unpaired) electrons. The molecule has 0 saturated carbocycles. The molecule has 0 saturated heterocycles. The summed E-state index contributed by atoms with van der Waals surface area (Å²) < 4.78 is 12.8. The third-order valence-electron chi connectivity index (χ3n) is 3.28. The summed E-state index contributed by atoms with van der Waals surface area (Å²) in [6.45, 7) is 5.83. The third kappa shape index (κ3) is 7.20. The number of nitrogens with two attached hydrogens (primary N) is 1. The van der Waals surface area contributed by atoms with Crippen LogP contribution in [0.25, 0.3) is 0 Å². The molecule has 0 aliphatic heterocycles. The molecule has 6 heteroatoms. The molecule has 0 aliphatic rings. The number of carbonyl (C=O) groups is 1. The highest BCUT2D eigenvalue weighted by Crippen LogP contribution is 2.18. The van der Waals surface area contributed by atoms with E-state index in [1.54, 1.807) is 12.1 Å². The minimum Gasteiger partial charge on any atom is -0.388 e. The van der Waals surface area contributed by atoms with Crippen LogP contribution in [0, 0.1) is 11.7 Å². The fourth-order valence-corrected chi connectivity index (χ4v) is 2.18. The zero-order chi connectivity index (χ0) is 16.0. The van der Waals surface area contributed by atoms with Crippen LogP contribution in [0.1, 0.15) is 45.3 Å². The molecule has 1 aromatic carbocycles. The second-order valence-electron chi connectivity index (χ2n) is 5.95. The van der Waals surface area contributed by atoms with Crippen molar-refractivity contribution in [3.8, 4) is 0 Å². The van der Waals surface area contributed by atoms with E-state index in [1.165, 1.54) is 12.1 Å². The van der Waals surface area contributed by atoms with Gasteiger partial charge in [0, 0.05) is 6.04 Å². The van der Waals surface area contributed by atoms with Gasteiger partial charge in [0.05, 0.1) is 12.1 Å². The van der Waals surface area contributed by atoms with Crippen molar-refractivity contribution in [1.82, 2.24) is 5.32 Å². The standard InChI is InChI=1S/C16H25FN2O2.ClH/c1-10(2)8-14(18)16(21)19-11(3)9-15(20)12-4-6-13(17)7-5-12;/h4-7,10-11,14-15,20H,8-9,18H2,1-3H3,(H,19,21);1H/t11?,14-,15?;/m0./s1. The van der Waals surface area contributed by atoms with E-state index < -0.39 is 12.1 Å². The van der Waals surface area contributed by atoms with Gasteiger partial charge in [-0.3, -0.25) is 4.79 Å². The molecule has 1 aromatic rings. The zero-order valence-corrected chi connectivity index (χ0v) is 14.1. The van der Waals surface area contributed by atoms with Crippen LogP contribution in [0.5, 0.6) is 0 Å². The van der Waals surface area contributed by atoms with E-state index in [4.69, 9.17) is 5.73 Å². The maximum atomic E-state index is 12.8. The predicted molar refractivity (Wildman–Crippen MR) is 88.3 cm³/mol. The quantitative estimate of drug-likeness (QED) is 0.718. The lowest BCUT2D eigenvalue weighted by Crippen LogP contribution is -2.45. The monoisotopic (exact) mass is 332 g/mol. The van der Waals surface area contributed by atoms with E-state index in [1.807, 2.05) is 20.8 Å². The first-order chi connectivity index (χ1) is 9.79. The van der Waals surface area contributed by atoms with Gasteiger partial charge in [-0.15, -0.1) is 12.4 Å². The summed E-state index contributed by atoms with van der Waals surface area (Å²) >= 11 is 0. The predicted octanol–water partition coefficient (Wildman–Crippen LogP) is 2.55. The molecular weight excluding hydrogens is 307 g/mol. The lowest BCUT2D eigenvalue weighted by atomic mass is 10.0. The Kier molecular flexibility index (Phi) is 9.25. The summed E-state index contributed by atoms with van der Waals surface area (Å²) in [6, 6.07) is 4.95. The summed E-state index contributed by atoms with van der Waals surface area (Å²) in [5, 5.41) is 12.9. The number of rotatable bonds is 7. The summed E-state index contributed by atoms with van der Waals surface area (Å²) in [4.78, 5) is 11.9. The van der Waals surface area contributed by atoms with Gasteiger partial charge < -0.3 is 16.2 Å². The lowest BCUT2D eigenvalue weighted by Gasteiger charge is -2.21. The Morgan fingerprint density at radius 2 is 1.77 bits per heavy atom. The number of carbonyl (C=O) groups excluding carboxylic acids is 1. The highest BCUT2D eigenvalue weighted by atomic mass is 35.5. The summed E-state index contributed by atoms with van der Waals surface area (Å²) in [5.41, 5.74) is 6.44. The average Bonchev–Trinajstić information content (AvgIpc) is 2.38. The van der Waals surface area contributed by atoms with E-state index in [0.717, 1.165) is 0 Å². The Balaban J connectivity index is 0.00000441. The van der Waals surface area contributed by atoms with Gasteiger partial charge in [-0.25, -0.2) is 4.39 Å². The third-order valence-corrected chi connectivity index (χ3v) is 3.28. The van der Waals surface area contributed by atoms with Crippen LogP contribution in [-0.4, -0.2) is 23.1 Å². The molecule has 3 atom stereocenters. The highest BCUT2D eigenvalue weighted by molar-refractivity contribution is 5.85. The molecule has 126 valence electrons. The van der Waals surface area contributed by atoms with E-state index in [2.05, 4.69) is 5.32 Å². The smallest absolute Gasteiger partial charge is 0.237 e. The number of benzene rings is 1. The zero-order valence-electron chi connectivity index (χ0n) is 13.3. The number of hydrogen-bond donors (Lipinski definition) is 3. The minimum atomic E-state index is -0.748. The molecule has 0 aliphatic carbocycles. The molecule has 0 heterocycles. The molecule has 22 heavy (non-hydrogen) atoms. The maximum absolute atomic E-state index is 12.8. The molecule has 4 N–H and O–H groups in total. The van der Waals surface area contributed by atoms with Crippen molar-refractivity contribution in [2.75, 3.05) is 0 Å². The van der Waals surface area contributed by atoms with Gasteiger partial charge in [0.25, 0.3) is 0 Å². The molecule has 0 spiro atoms. The van der Waals surface area contributed by atoms with Crippen LogP contribution < -0.4 is 11.1 Å². The maximum Gasteiger partial charge on any atom is 0.237 e. The van der Waals surface area contributed by atoms with Crippen molar-refractivity contribution >= 4 is 18.3 Å². The summed E-state index contributed by atoms with van der Waals surface area (Å²) in [6.07, 6.45) is 0.229. The van der Waals surface area contributed by atoms with E-state index in [0.29, 0.717) is 24.3 Å². The normalized spacial score (nSPS) is 14.9. The number of aliphatic hydroxyl groups excluding tert-OH is 1. The molecular formula is C16H26ClFN2O2. The Morgan fingerprint density at radius 3 is 2.27 bits per heavy atom. The fraction of sp³-hybridized carbons (Fsp3) is 0.562. The van der Waals surface area contributed by atoms with Crippen LogP contribution in [0.3, 0.4) is 0 Å². The lowest BCUT2D eigenvalue weighted by molar-refractivity contribution is -0.123. The molecule has 4 nitrogen and oxygen atoms in total. The number of aliphatic hydroxyl groups is 1. The topological polar surface area (TPSA) is 75.4 Å². The van der Waals surface area contributed by atoms with E-state index in [-0.39, 0.29) is 30.2 Å². The highest BCUT2D eigenvalue weighted by Gasteiger charge is 2.19. The Hall–Kier alpha value is -1.17. The molecule has 0 bridgehead atoms. The van der Waals surface area contributed by atoms with Gasteiger partial charge in [-0.2, -0.15) is 0 Å². The molecule has 0 aromatic heterocycles. The van der Waals surface area contributed by atoms with Gasteiger partial charge in [-0.1, -0.05) is 26.0 Å². The molecule has 1 rings (SSSR count). The Bertz CT molecular complexity index is 454. The first-order valence-electron chi connectivity index (χ1n) is 7.29. The van der Waals surface area contributed by atoms with Gasteiger partial charge in [0.15, 0.2) is 0 Å². The van der Waals surface area contributed by atoms with Gasteiger partial charge in [-0.05, 0) is 43.4 Å². The molecule has 0 fully saturated rings. The van der Waals surface area contributed by atoms with Crippen LogP contribution in [-0.2, 0) is 4.79 Å². The van der Waals surface area contributed by atoms with Crippen molar-refractivity contribution in [1.29, 1.82) is 0 Å². The van der Waals surface area contributed by atoms with Crippen LogP contribution >= 0.6 is 12.4 Å². The summed E-state index contributed by atoms with van der Waals surface area (Å²) in [5.74, 6) is -0.194. The van der Waals surface area contributed by atoms with Crippen molar-refractivity contribution in [2.45, 2.75) is 51.8 Å². The molecule has 2 unspecified atom stereocenters. The van der Waals surface area contributed by atoms with Gasteiger partial charge >= 0.3 is 0 Å². The number of amides is 1. The van der Waals surface area contributed by atoms with Crippen LogP contribution in [0.15, 0.2) is 24.3 Å². The summed E-state index contributed by atoms with van der Waals surface area (Å²) in [7, 11) is 0. The van der Waals surface area contributed by atoms with Crippen molar-refractivity contribution in [3.05, 3.63) is 35.6 Å². The Morgan fingerprint density at radius 1 is 1.23 bits per heavy atom. The number of nitrogens with one attached hydrogen (secondary N) is 1. The van der Waals surface area contributed by atoms with Crippen molar-refractivity contribution < 1.29 is 14.3 Å². The van der Waals surface area contributed by atoms with E-state index in [9.17, 15) is 14.3 Å². The first-order valence-corrected chi connectivity index (χ1v) is 7.29. The second-order valence-corrected chi connectivity index (χ2v) is 5.95. The van der Waals surface area contributed by atoms with E-state index >= 15 is 0 Å². The van der Waals surface area contributed by atoms with Crippen LogP contribution in [0.2, 0.25) is 0 Å². The van der Waals surface area contributed by atoms with Crippen molar-refractivity contribution in [2.24, 2.45) is 11.7 Å². The van der Waals surface area contributed by atoms with Gasteiger partial charge in [0.1, 0.15) is 5.82 Å². The fourth-order valence-electron chi connectivity index (χ4n) is 2.18. The SMILES string of the molecule is CC(C)C[C@H](N)C(=O)NC(C)CC(O)c1ccc(F)cc1.Cl. The van der Waals surface area contributed by atoms with Crippen LogP contribution in [0.4, 0.5) is 4.39 Å².